The van der Waals surface area contributed by atoms with Gasteiger partial charge < -0.3 is 9.88 Å². The fraction of sp³-hybridized carbons (Fsp3) is 0.179. The van der Waals surface area contributed by atoms with Crippen molar-refractivity contribution in [2.24, 2.45) is 0 Å². The lowest BCUT2D eigenvalue weighted by atomic mass is 9.95. The number of aromatic amines is 1. The van der Waals surface area contributed by atoms with Crippen molar-refractivity contribution in [2.45, 2.75) is 32.9 Å². The van der Waals surface area contributed by atoms with Gasteiger partial charge in [-0.3, -0.25) is 35.3 Å². The van der Waals surface area contributed by atoms with E-state index in [1.54, 1.807) is 19.1 Å². The summed E-state index contributed by atoms with van der Waals surface area (Å²) in [7, 11) is 0. The normalized spacial score (nSPS) is 15.3. The molecule has 10 heteroatoms. The molecule has 5 rings (SSSR count). The van der Waals surface area contributed by atoms with Crippen molar-refractivity contribution in [2.75, 3.05) is 0 Å². The standard InChI is InChI=1S/C28H25N5O5/c1-15-14-18(12-13-23(15)33(37)38)27(35)31-30-26(34)17(3)32-25(19-8-4-5-9-20(19)28(32)36)24-16(2)29-22-11-7-6-10-21(22)24/h4-14,17,25,29H,1-3H3,(H,30,34)(H,31,35). The van der Waals surface area contributed by atoms with Crippen LogP contribution in [0.25, 0.3) is 10.9 Å². The number of nitrogens with zero attached hydrogens (tertiary/aromatic N) is 2. The second-order valence-corrected chi connectivity index (χ2v) is 9.29. The van der Waals surface area contributed by atoms with E-state index < -0.39 is 28.8 Å². The van der Waals surface area contributed by atoms with Crippen LogP contribution in [-0.2, 0) is 4.79 Å². The average Bonchev–Trinajstić information content (AvgIpc) is 3.38. The smallest absolute Gasteiger partial charge is 0.272 e. The molecule has 192 valence electrons. The van der Waals surface area contributed by atoms with Crippen molar-refractivity contribution < 1.29 is 19.3 Å². The zero-order valence-electron chi connectivity index (χ0n) is 20.9. The number of H-pyrrole nitrogens is 1. The number of benzene rings is 3. The largest absolute Gasteiger partial charge is 0.358 e. The number of carbonyl (C=O) groups excluding carboxylic acids is 3. The van der Waals surface area contributed by atoms with E-state index in [-0.39, 0.29) is 17.2 Å². The minimum absolute atomic E-state index is 0.107. The van der Waals surface area contributed by atoms with Crippen LogP contribution in [0.2, 0.25) is 0 Å². The number of carbonyl (C=O) groups is 3. The number of aromatic nitrogens is 1. The molecule has 0 aliphatic carbocycles. The third kappa shape index (κ3) is 4.05. The van der Waals surface area contributed by atoms with Crippen molar-refractivity contribution in [3.05, 3.63) is 110 Å². The number of aryl methyl sites for hydroxylation is 2. The Morgan fingerprint density at radius 3 is 2.47 bits per heavy atom. The third-order valence-corrected chi connectivity index (χ3v) is 6.97. The predicted molar refractivity (Wildman–Crippen MR) is 140 cm³/mol. The summed E-state index contributed by atoms with van der Waals surface area (Å²) in [5.41, 5.74) is 9.17. The van der Waals surface area contributed by atoms with E-state index in [0.717, 1.165) is 27.7 Å². The van der Waals surface area contributed by atoms with Crippen LogP contribution < -0.4 is 10.9 Å². The number of fused-ring (bicyclic) bond motifs is 2. The Morgan fingerprint density at radius 2 is 1.74 bits per heavy atom. The van der Waals surface area contributed by atoms with Crippen LogP contribution >= 0.6 is 0 Å². The Kier molecular flexibility index (Phi) is 6.15. The topological polar surface area (TPSA) is 137 Å². The molecule has 1 aromatic heterocycles. The first kappa shape index (κ1) is 24.7. The number of nitro benzene ring substituents is 1. The quantitative estimate of drug-likeness (QED) is 0.274. The zero-order chi connectivity index (χ0) is 27.1. The number of hydrogen-bond donors (Lipinski definition) is 3. The van der Waals surface area contributed by atoms with Crippen LogP contribution in [0.4, 0.5) is 5.69 Å². The number of amides is 3. The molecule has 1 aliphatic rings. The van der Waals surface area contributed by atoms with E-state index in [0.29, 0.717) is 11.1 Å². The maximum atomic E-state index is 13.6. The van der Waals surface area contributed by atoms with Crippen LogP contribution in [0, 0.1) is 24.0 Å². The summed E-state index contributed by atoms with van der Waals surface area (Å²) in [5.74, 6) is -1.50. The predicted octanol–water partition coefficient (Wildman–Crippen LogP) is 4.09. The maximum absolute atomic E-state index is 13.6. The van der Waals surface area contributed by atoms with Gasteiger partial charge in [0.15, 0.2) is 0 Å². The van der Waals surface area contributed by atoms with E-state index in [1.165, 1.54) is 30.0 Å². The number of nitro groups is 1. The molecule has 38 heavy (non-hydrogen) atoms. The Bertz CT molecular complexity index is 1630. The molecule has 4 aromatic rings. The average molecular weight is 512 g/mol. The summed E-state index contributed by atoms with van der Waals surface area (Å²) >= 11 is 0. The summed E-state index contributed by atoms with van der Waals surface area (Å²) in [4.78, 5) is 54.8. The van der Waals surface area contributed by atoms with Gasteiger partial charge in [0.05, 0.1) is 11.0 Å². The second kappa shape index (κ2) is 9.47. The van der Waals surface area contributed by atoms with Crippen LogP contribution in [0.1, 0.15) is 56.1 Å². The summed E-state index contributed by atoms with van der Waals surface area (Å²) in [6.45, 7) is 5.08. The molecule has 1 aliphatic heterocycles. The van der Waals surface area contributed by atoms with Crippen LogP contribution in [0.15, 0.2) is 66.7 Å². The minimum atomic E-state index is -0.938. The molecule has 0 saturated carbocycles. The molecular weight excluding hydrogens is 486 g/mol. The van der Waals surface area contributed by atoms with Gasteiger partial charge in [0.1, 0.15) is 6.04 Å². The molecule has 0 spiro atoms. The van der Waals surface area contributed by atoms with Crippen LogP contribution in [-0.4, -0.2) is 38.6 Å². The molecule has 3 N–H and O–H groups in total. The molecule has 0 radical (unpaired) electrons. The second-order valence-electron chi connectivity index (χ2n) is 9.29. The summed E-state index contributed by atoms with van der Waals surface area (Å²) < 4.78 is 0. The number of hydrogen-bond acceptors (Lipinski definition) is 5. The van der Waals surface area contributed by atoms with E-state index in [2.05, 4.69) is 15.8 Å². The van der Waals surface area contributed by atoms with Gasteiger partial charge in [-0.05, 0) is 50.6 Å². The molecule has 0 bridgehead atoms. The van der Waals surface area contributed by atoms with Crippen molar-refractivity contribution in [3.8, 4) is 0 Å². The summed E-state index contributed by atoms with van der Waals surface area (Å²) in [6.07, 6.45) is 0. The van der Waals surface area contributed by atoms with E-state index in [1.807, 2.05) is 43.3 Å². The number of nitrogens with one attached hydrogen (secondary N) is 3. The first-order valence-electron chi connectivity index (χ1n) is 12.0. The van der Waals surface area contributed by atoms with Crippen molar-refractivity contribution in [1.29, 1.82) is 0 Å². The van der Waals surface area contributed by atoms with Crippen molar-refractivity contribution in [3.63, 3.8) is 0 Å². The number of para-hydroxylation sites is 1. The highest BCUT2D eigenvalue weighted by Gasteiger charge is 2.43. The highest BCUT2D eigenvalue weighted by molar-refractivity contribution is 6.04. The van der Waals surface area contributed by atoms with Gasteiger partial charge in [-0.25, -0.2) is 0 Å². The lowest BCUT2D eigenvalue weighted by Crippen LogP contribution is -2.52. The first-order valence-corrected chi connectivity index (χ1v) is 12.0. The van der Waals surface area contributed by atoms with Gasteiger partial charge in [0.25, 0.3) is 23.4 Å². The molecule has 10 nitrogen and oxygen atoms in total. The van der Waals surface area contributed by atoms with Crippen LogP contribution in [0.3, 0.4) is 0 Å². The lowest BCUT2D eigenvalue weighted by molar-refractivity contribution is -0.385. The van der Waals surface area contributed by atoms with Gasteiger partial charge >= 0.3 is 0 Å². The SMILES string of the molecule is Cc1cc(C(=O)NNC(=O)C(C)N2C(=O)c3ccccc3C2c2c(C)[nH]c3ccccc23)ccc1[N+](=O)[O-]. The molecule has 0 fully saturated rings. The Labute approximate surface area is 217 Å². The number of hydrazine groups is 1. The zero-order valence-corrected chi connectivity index (χ0v) is 20.9. The maximum Gasteiger partial charge on any atom is 0.272 e. The lowest BCUT2D eigenvalue weighted by Gasteiger charge is -2.31. The van der Waals surface area contributed by atoms with Gasteiger partial charge in [-0.1, -0.05) is 36.4 Å². The van der Waals surface area contributed by atoms with Gasteiger partial charge in [0.2, 0.25) is 0 Å². The number of rotatable bonds is 5. The monoisotopic (exact) mass is 511 g/mol. The minimum Gasteiger partial charge on any atom is -0.358 e. The fourth-order valence-corrected chi connectivity index (χ4v) is 5.10. The molecule has 3 amide bonds. The van der Waals surface area contributed by atoms with E-state index >= 15 is 0 Å². The Hall–Kier alpha value is -4.99. The van der Waals surface area contributed by atoms with E-state index in [4.69, 9.17) is 0 Å². The van der Waals surface area contributed by atoms with Crippen LogP contribution in [0.5, 0.6) is 0 Å². The van der Waals surface area contributed by atoms with Gasteiger partial charge in [0, 0.05) is 44.9 Å². The Balaban J connectivity index is 1.42. The highest BCUT2D eigenvalue weighted by atomic mass is 16.6. The molecule has 2 heterocycles. The molecule has 3 aromatic carbocycles. The summed E-state index contributed by atoms with van der Waals surface area (Å²) in [5, 5.41) is 12.0. The molecule has 2 atom stereocenters. The fourth-order valence-electron chi connectivity index (χ4n) is 5.10. The molecule has 0 saturated heterocycles. The third-order valence-electron chi connectivity index (χ3n) is 6.97. The van der Waals surface area contributed by atoms with Gasteiger partial charge in [-0.15, -0.1) is 0 Å². The first-order chi connectivity index (χ1) is 18.2. The van der Waals surface area contributed by atoms with E-state index in [9.17, 15) is 24.5 Å². The molecular formula is C28H25N5O5. The highest BCUT2D eigenvalue weighted by Crippen LogP contribution is 2.43. The molecule has 2 unspecified atom stereocenters. The van der Waals surface area contributed by atoms with Gasteiger partial charge in [-0.2, -0.15) is 0 Å². The van der Waals surface area contributed by atoms with Crippen molar-refractivity contribution in [1.82, 2.24) is 20.7 Å². The Morgan fingerprint density at radius 1 is 1.03 bits per heavy atom. The van der Waals surface area contributed by atoms with Crippen molar-refractivity contribution >= 4 is 34.3 Å². The summed E-state index contributed by atoms with van der Waals surface area (Å²) in [6, 6.07) is 17.6.